The Balaban J connectivity index is 1.79. The number of ketones is 1. The van der Waals surface area contributed by atoms with Crippen molar-refractivity contribution in [2.75, 3.05) is 0 Å². The minimum atomic E-state index is -1.04. The van der Waals surface area contributed by atoms with E-state index in [-0.39, 0.29) is 11.3 Å². The van der Waals surface area contributed by atoms with Gasteiger partial charge in [-0.05, 0) is 37.3 Å². The first-order valence-corrected chi connectivity index (χ1v) is 8.31. The number of thioether (sulfide) groups is 1. The van der Waals surface area contributed by atoms with E-state index >= 15 is 0 Å². The van der Waals surface area contributed by atoms with Crippen LogP contribution in [0.4, 0.5) is 8.78 Å². The van der Waals surface area contributed by atoms with Gasteiger partial charge in [0.25, 0.3) is 0 Å². The van der Waals surface area contributed by atoms with E-state index < -0.39 is 16.9 Å². The topological polar surface area (TPSA) is 60.7 Å². The number of halogens is 2. The molecule has 128 valence electrons. The molecule has 3 rings (SSSR count). The second-order valence-corrected chi connectivity index (χ2v) is 6.66. The van der Waals surface area contributed by atoms with Crippen molar-refractivity contribution in [1.82, 2.24) is 19.7 Å². The molecule has 5 nitrogen and oxygen atoms in total. The molecule has 25 heavy (non-hydrogen) atoms. The monoisotopic (exact) mass is 360 g/mol. The van der Waals surface area contributed by atoms with Gasteiger partial charge >= 0.3 is 0 Å². The third-order valence-electron chi connectivity index (χ3n) is 3.63. The Kier molecular flexibility index (Phi) is 4.89. The predicted molar refractivity (Wildman–Crippen MR) is 90.2 cm³/mol. The fourth-order valence-corrected chi connectivity index (χ4v) is 3.16. The zero-order chi connectivity index (χ0) is 18.0. The number of pyridine rings is 1. The molecule has 0 unspecified atom stereocenters. The Labute approximate surface area is 147 Å². The lowest BCUT2D eigenvalue weighted by Crippen LogP contribution is -2.15. The van der Waals surface area contributed by atoms with Gasteiger partial charge in [0.15, 0.2) is 28.4 Å². The smallest absolute Gasteiger partial charge is 0.191 e. The number of carbonyl (C=O) groups excluding carboxylic acids is 1. The summed E-state index contributed by atoms with van der Waals surface area (Å²) in [6.07, 6.45) is 3.32. The summed E-state index contributed by atoms with van der Waals surface area (Å²) in [5.41, 5.74) is 0.979. The second-order valence-electron chi connectivity index (χ2n) is 5.35. The second kappa shape index (κ2) is 7.10. The fourth-order valence-electron chi connectivity index (χ4n) is 2.27. The number of hydrogen-bond donors (Lipinski definition) is 0. The van der Waals surface area contributed by atoms with Crippen LogP contribution in [0, 0.1) is 11.6 Å². The van der Waals surface area contributed by atoms with Crippen molar-refractivity contribution < 1.29 is 13.6 Å². The average molecular weight is 360 g/mol. The van der Waals surface area contributed by atoms with Crippen LogP contribution in [-0.2, 0) is 7.05 Å². The van der Waals surface area contributed by atoms with Gasteiger partial charge in [-0.15, -0.1) is 10.2 Å². The third kappa shape index (κ3) is 3.58. The fraction of sp³-hybridized carbons (Fsp3) is 0.176. The van der Waals surface area contributed by atoms with Crippen molar-refractivity contribution in [3.05, 3.63) is 59.9 Å². The van der Waals surface area contributed by atoms with Crippen LogP contribution in [0.15, 0.2) is 47.9 Å². The van der Waals surface area contributed by atoms with Crippen molar-refractivity contribution in [2.24, 2.45) is 7.05 Å². The zero-order valence-corrected chi connectivity index (χ0v) is 14.3. The molecule has 0 saturated heterocycles. The lowest BCUT2D eigenvalue weighted by molar-refractivity contribution is 0.0993. The molecule has 0 aliphatic carbocycles. The summed E-state index contributed by atoms with van der Waals surface area (Å²) in [5, 5.41) is 8.27. The summed E-state index contributed by atoms with van der Waals surface area (Å²) in [7, 11) is 1.80. The van der Waals surface area contributed by atoms with Crippen molar-refractivity contribution in [1.29, 1.82) is 0 Å². The van der Waals surface area contributed by atoms with Crippen LogP contribution in [0.1, 0.15) is 17.3 Å². The van der Waals surface area contributed by atoms with Crippen LogP contribution in [-0.4, -0.2) is 30.8 Å². The van der Waals surface area contributed by atoms with E-state index in [9.17, 15) is 13.6 Å². The molecule has 3 aromatic rings. The maximum absolute atomic E-state index is 13.3. The molecule has 0 radical (unpaired) electrons. The van der Waals surface area contributed by atoms with E-state index in [1.165, 1.54) is 17.8 Å². The number of carbonyl (C=O) groups is 1. The van der Waals surface area contributed by atoms with Crippen LogP contribution in [0.3, 0.4) is 0 Å². The normalized spacial score (nSPS) is 12.2. The van der Waals surface area contributed by atoms with Gasteiger partial charge in [0.1, 0.15) is 0 Å². The Morgan fingerprint density at radius 2 is 1.84 bits per heavy atom. The van der Waals surface area contributed by atoms with Gasteiger partial charge < -0.3 is 4.57 Å². The lowest BCUT2D eigenvalue weighted by Gasteiger charge is -2.10. The van der Waals surface area contributed by atoms with Crippen LogP contribution in [0.25, 0.3) is 11.4 Å². The van der Waals surface area contributed by atoms with Crippen molar-refractivity contribution in [3.63, 3.8) is 0 Å². The highest BCUT2D eigenvalue weighted by molar-refractivity contribution is 8.00. The summed E-state index contributed by atoms with van der Waals surface area (Å²) in [5.74, 6) is -1.68. The molecule has 0 bridgehead atoms. The van der Waals surface area contributed by atoms with Crippen molar-refractivity contribution >= 4 is 17.5 Å². The first-order valence-electron chi connectivity index (χ1n) is 7.43. The number of hydrogen-bond acceptors (Lipinski definition) is 5. The number of aromatic nitrogens is 4. The molecule has 8 heteroatoms. The van der Waals surface area contributed by atoms with Crippen molar-refractivity contribution in [2.45, 2.75) is 17.3 Å². The lowest BCUT2D eigenvalue weighted by atomic mass is 10.1. The SMILES string of the molecule is C[C@H](Sc1nnc(-c2ccncc2)n1C)C(=O)c1ccc(F)c(F)c1. The summed E-state index contributed by atoms with van der Waals surface area (Å²) < 4.78 is 28.1. The molecule has 0 N–H and O–H groups in total. The van der Waals surface area contributed by atoms with Crippen LogP contribution >= 0.6 is 11.8 Å². The minimum absolute atomic E-state index is 0.121. The first-order chi connectivity index (χ1) is 12.0. The highest BCUT2D eigenvalue weighted by atomic mass is 32.2. The average Bonchev–Trinajstić information content (AvgIpc) is 2.98. The van der Waals surface area contributed by atoms with E-state index in [1.54, 1.807) is 30.9 Å². The Morgan fingerprint density at radius 1 is 1.12 bits per heavy atom. The Bertz CT molecular complexity index is 914. The highest BCUT2D eigenvalue weighted by Gasteiger charge is 2.21. The van der Waals surface area contributed by atoms with Crippen LogP contribution in [0.5, 0.6) is 0 Å². The summed E-state index contributed by atoms with van der Waals surface area (Å²) in [6.45, 7) is 1.69. The molecule has 2 heterocycles. The summed E-state index contributed by atoms with van der Waals surface area (Å²) in [6, 6.07) is 6.76. The van der Waals surface area contributed by atoms with E-state index in [4.69, 9.17) is 0 Å². The molecule has 2 aromatic heterocycles. The molecule has 1 aromatic carbocycles. The molecule has 0 spiro atoms. The predicted octanol–water partition coefficient (Wildman–Crippen LogP) is 3.52. The molecule has 0 saturated carbocycles. The maximum Gasteiger partial charge on any atom is 0.191 e. The Hall–Kier alpha value is -2.61. The first kappa shape index (κ1) is 17.2. The van der Waals surface area contributed by atoms with Gasteiger partial charge in [-0.3, -0.25) is 9.78 Å². The van der Waals surface area contributed by atoms with Crippen molar-refractivity contribution in [3.8, 4) is 11.4 Å². The van der Waals surface area contributed by atoms with Gasteiger partial charge in [-0.2, -0.15) is 0 Å². The Morgan fingerprint density at radius 3 is 2.52 bits per heavy atom. The molecule has 0 fully saturated rings. The van der Waals surface area contributed by atoms with E-state index in [1.807, 2.05) is 12.1 Å². The summed E-state index contributed by atoms with van der Waals surface area (Å²) in [4.78, 5) is 16.4. The molecule has 0 aliphatic rings. The number of Topliss-reactive ketones (excluding diaryl/α,β-unsaturated/α-hetero) is 1. The molecule has 0 aliphatic heterocycles. The quantitative estimate of drug-likeness (QED) is 0.515. The largest absolute Gasteiger partial charge is 0.305 e. The van der Waals surface area contributed by atoms with E-state index in [0.717, 1.165) is 17.7 Å². The van der Waals surface area contributed by atoms with Gasteiger partial charge in [0, 0.05) is 30.6 Å². The third-order valence-corrected chi connectivity index (χ3v) is 4.76. The standard InChI is InChI=1S/C17H14F2N4OS/c1-10(15(24)12-3-4-13(18)14(19)9-12)25-17-22-21-16(23(17)2)11-5-7-20-8-6-11/h3-10H,1-2H3/t10-/m0/s1. The molecule has 1 atom stereocenters. The number of nitrogens with zero attached hydrogens (tertiary/aromatic N) is 4. The van der Waals surface area contributed by atoms with Gasteiger partial charge in [0.2, 0.25) is 0 Å². The molecular weight excluding hydrogens is 346 g/mol. The molecular formula is C17H14F2N4OS. The van der Waals surface area contributed by atoms with Gasteiger partial charge in [-0.25, -0.2) is 8.78 Å². The van der Waals surface area contributed by atoms with Gasteiger partial charge in [0.05, 0.1) is 5.25 Å². The zero-order valence-electron chi connectivity index (χ0n) is 13.5. The minimum Gasteiger partial charge on any atom is -0.305 e. The number of benzene rings is 1. The maximum atomic E-state index is 13.3. The van der Waals surface area contributed by atoms with E-state index in [0.29, 0.717) is 11.0 Å². The van der Waals surface area contributed by atoms with Crippen LogP contribution < -0.4 is 0 Å². The highest BCUT2D eigenvalue weighted by Crippen LogP contribution is 2.27. The summed E-state index contributed by atoms with van der Waals surface area (Å²) >= 11 is 1.21. The molecule has 0 amide bonds. The number of rotatable bonds is 5. The van der Waals surface area contributed by atoms with Crippen LogP contribution in [0.2, 0.25) is 0 Å². The van der Waals surface area contributed by atoms with E-state index in [2.05, 4.69) is 15.2 Å². The van der Waals surface area contributed by atoms with Gasteiger partial charge in [-0.1, -0.05) is 11.8 Å².